The molecule has 0 heterocycles. The number of carboxylic acid groups (broad SMARTS) is 1. The van der Waals surface area contributed by atoms with E-state index in [0.29, 0.717) is 0 Å². The smallest absolute Gasteiger partial charge is 0.408 e. The van der Waals surface area contributed by atoms with Gasteiger partial charge in [-0.1, -0.05) is 55.5 Å². The normalized spacial score (nSPS) is 15.1. The van der Waals surface area contributed by atoms with Crippen LogP contribution in [0.5, 0.6) is 0 Å². The molecule has 170 valence electrons. The molecule has 8 nitrogen and oxygen atoms in total. The molecule has 0 radical (unpaired) electrons. The van der Waals surface area contributed by atoms with Crippen molar-refractivity contribution in [1.29, 1.82) is 0 Å². The standard InChI is InChI=1S/C24H28N2O6/c1-15(21(27)28)12-25-22(29)24(2,14-31-3)26-23(30)32-13-20-18-10-6-4-8-16(18)17-9-5-7-11-19(17)20/h4-11,15,20H,12-14H2,1-3H3,(H,25,29)(H,26,30)(H,27,28). The lowest BCUT2D eigenvalue weighted by Crippen LogP contribution is -2.60. The van der Waals surface area contributed by atoms with Crippen LogP contribution in [0.2, 0.25) is 0 Å². The maximum Gasteiger partial charge on any atom is 0.408 e. The van der Waals surface area contributed by atoms with E-state index in [-0.39, 0.29) is 25.7 Å². The Morgan fingerprint density at radius 1 is 1.06 bits per heavy atom. The van der Waals surface area contributed by atoms with E-state index in [1.54, 1.807) is 0 Å². The summed E-state index contributed by atoms with van der Waals surface area (Å²) in [7, 11) is 1.41. The van der Waals surface area contributed by atoms with Crippen molar-refractivity contribution in [1.82, 2.24) is 10.6 Å². The number of carbonyl (C=O) groups excluding carboxylic acids is 2. The Kier molecular flexibility index (Phi) is 7.15. The van der Waals surface area contributed by atoms with Crippen molar-refractivity contribution < 1.29 is 29.0 Å². The van der Waals surface area contributed by atoms with Gasteiger partial charge >= 0.3 is 12.1 Å². The van der Waals surface area contributed by atoms with Crippen molar-refractivity contribution >= 4 is 18.0 Å². The summed E-state index contributed by atoms with van der Waals surface area (Å²) in [6.45, 7) is 2.92. The van der Waals surface area contributed by atoms with E-state index in [2.05, 4.69) is 10.6 Å². The molecule has 3 N–H and O–H groups in total. The molecule has 2 atom stereocenters. The van der Waals surface area contributed by atoms with Crippen LogP contribution in [-0.4, -0.2) is 55.5 Å². The Morgan fingerprint density at radius 3 is 2.16 bits per heavy atom. The minimum Gasteiger partial charge on any atom is -0.481 e. The summed E-state index contributed by atoms with van der Waals surface area (Å²) in [5.41, 5.74) is 2.99. The van der Waals surface area contributed by atoms with Gasteiger partial charge in [-0.25, -0.2) is 4.79 Å². The van der Waals surface area contributed by atoms with E-state index in [9.17, 15) is 14.4 Å². The first-order valence-electron chi connectivity index (χ1n) is 10.4. The Hall–Kier alpha value is -3.39. The van der Waals surface area contributed by atoms with Gasteiger partial charge in [-0.15, -0.1) is 0 Å². The largest absolute Gasteiger partial charge is 0.481 e. The van der Waals surface area contributed by atoms with Crippen LogP contribution in [0.3, 0.4) is 0 Å². The number of fused-ring (bicyclic) bond motifs is 3. The Labute approximate surface area is 186 Å². The highest BCUT2D eigenvalue weighted by Crippen LogP contribution is 2.44. The van der Waals surface area contributed by atoms with Crippen LogP contribution in [0.1, 0.15) is 30.9 Å². The third kappa shape index (κ3) is 4.91. The SMILES string of the molecule is COCC(C)(NC(=O)OCC1c2ccccc2-c2ccccc21)C(=O)NCC(C)C(=O)O. The van der Waals surface area contributed by atoms with Gasteiger partial charge in [0.1, 0.15) is 12.1 Å². The number of benzene rings is 2. The molecule has 0 bridgehead atoms. The fourth-order valence-electron chi connectivity index (χ4n) is 3.84. The summed E-state index contributed by atoms with van der Waals surface area (Å²) in [4.78, 5) is 36.2. The van der Waals surface area contributed by atoms with Crippen LogP contribution in [0, 0.1) is 5.92 Å². The molecule has 1 aliphatic carbocycles. The molecule has 0 saturated carbocycles. The van der Waals surface area contributed by atoms with E-state index in [1.165, 1.54) is 21.0 Å². The number of carboxylic acids is 1. The topological polar surface area (TPSA) is 114 Å². The first-order valence-corrected chi connectivity index (χ1v) is 10.4. The number of nitrogens with one attached hydrogen (secondary N) is 2. The van der Waals surface area contributed by atoms with Gasteiger partial charge in [-0.3, -0.25) is 9.59 Å². The second-order valence-corrected chi connectivity index (χ2v) is 8.16. The second kappa shape index (κ2) is 9.82. The zero-order valence-electron chi connectivity index (χ0n) is 18.4. The molecule has 3 rings (SSSR count). The molecule has 2 amide bonds. The number of alkyl carbamates (subject to hydrolysis) is 1. The van der Waals surface area contributed by atoms with Gasteiger partial charge in [0.15, 0.2) is 0 Å². The van der Waals surface area contributed by atoms with Crippen molar-refractivity contribution in [3.8, 4) is 11.1 Å². The predicted molar refractivity (Wildman–Crippen MR) is 118 cm³/mol. The highest BCUT2D eigenvalue weighted by atomic mass is 16.5. The lowest BCUT2D eigenvalue weighted by atomic mass is 9.98. The fourth-order valence-corrected chi connectivity index (χ4v) is 3.84. The maximum absolute atomic E-state index is 12.7. The van der Waals surface area contributed by atoms with Crippen molar-refractivity contribution in [3.63, 3.8) is 0 Å². The van der Waals surface area contributed by atoms with E-state index in [4.69, 9.17) is 14.6 Å². The molecule has 0 aromatic heterocycles. The number of amides is 2. The number of aliphatic carboxylic acids is 1. The molecule has 0 spiro atoms. The van der Waals surface area contributed by atoms with Gasteiger partial charge in [0.25, 0.3) is 0 Å². The molecule has 0 saturated heterocycles. The van der Waals surface area contributed by atoms with Crippen molar-refractivity contribution in [2.24, 2.45) is 5.92 Å². The highest BCUT2D eigenvalue weighted by Gasteiger charge is 2.37. The lowest BCUT2D eigenvalue weighted by molar-refractivity contribution is -0.141. The highest BCUT2D eigenvalue weighted by molar-refractivity contribution is 5.90. The average Bonchev–Trinajstić information content (AvgIpc) is 3.09. The third-order valence-electron chi connectivity index (χ3n) is 5.65. The minimum absolute atomic E-state index is 0.0696. The zero-order chi connectivity index (χ0) is 23.3. The number of hydrogen-bond donors (Lipinski definition) is 3. The summed E-state index contributed by atoms with van der Waals surface area (Å²) >= 11 is 0. The number of hydrogen-bond acceptors (Lipinski definition) is 5. The Balaban J connectivity index is 1.66. The molecular formula is C24H28N2O6. The number of methoxy groups -OCH3 is 1. The van der Waals surface area contributed by atoms with Gasteiger partial charge in [0, 0.05) is 19.6 Å². The predicted octanol–water partition coefficient (Wildman–Crippen LogP) is 2.77. The molecule has 32 heavy (non-hydrogen) atoms. The number of carbonyl (C=O) groups is 3. The first-order chi connectivity index (χ1) is 15.3. The Morgan fingerprint density at radius 2 is 1.62 bits per heavy atom. The van der Waals surface area contributed by atoms with Gasteiger partial charge in [-0.2, -0.15) is 0 Å². The van der Waals surface area contributed by atoms with Crippen LogP contribution in [0.4, 0.5) is 4.79 Å². The third-order valence-corrected chi connectivity index (χ3v) is 5.65. The number of rotatable bonds is 9. The van der Waals surface area contributed by atoms with E-state index in [0.717, 1.165) is 22.3 Å². The van der Waals surface area contributed by atoms with Gasteiger partial charge in [-0.05, 0) is 29.2 Å². The van der Waals surface area contributed by atoms with Crippen molar-refractivity contribution in [2.45, 2.75) is 25.3 Å². The van der Waals surface area contributed by atoms with Crippen LogP contribution in [-0.2, 0) is 19.1 Å². The summed E-state index contributed by atoms with van der Waals surface area (Å²) in [6, 6.07) is 16.0. The van der Waals surface area contributed by atoms with E-state index in [1.807, 2.05) is 48.5 Å². The monoisotopic (exact) mass is 440 g/mol. The maximum atomic E-state index is 12.7. The average molecular weight is 440 g/mol. The van der Waals surface area contributed by atoms with E-state index < -0.39 is 29.4 Å². The van der Waals surface area contributed by atoms with Crippen molar-refractivity contribution in [2.75, 3.05) is 26.9 Å². The zero-order valence-corrected chi connectivity index (χ0v) is 18.4. The molecule has 2 aromatic rings. The Bertz CT molecular complexity index is 962. The summed E-state index contributed by atoms with van der Waals surface area (Å²) in [5, 5.41) is 14.1. The van der Waals surface area contributed by atoms with Gasteiger partial charge < -0.3 is 25.2 Å². The molecule has 2 unspecified atom stereocenters. The van der Waals surface area contributed by atoms with Crippen LogP contribution >= 0.6 is 0 Å². The van der Waals surface area contributed by atoms with Crippen LogP contribution in [0.25, 0.3) is 11.1 Å². The fraction of sp³-hybridized carbons (Fsp3) is 0.375. The molecule has 8 heteroatoms. The first kappa shape index (κ1) is 23.3. The summed E-state index contributed by atoms with van der Waals surface area (Å²) in [6.07, 6.45) is -0.757. The van der Waals surface area contributed by atoms with Gasteiger partial charge in [0.05, 0.1) is 12.5 Å². The van der Waals surface area contributed by atoms with Crippen LogP contribution < -0.4 is 10.6 Å². The lowest BCUT2D eigenvalue weighted by Gasteiger charge is -2.29. The van der Waals surface area contributed by atoms with Crippen molar-refractivity contribution in [3.05, 3.63) is 59.7 Å². The minimum atomic E-state index is -1.42. The molecule has 1 aliphatic rings. The molecule has 2 aromatic carbocycles. The molecular weight excluding hydrogens is 412 g/mol. The summed E-state index contributed by atoms with van der Waals surface area (Å²) < 4.78 is 10.6. The molecule has 0 aliphatic heterocycles. The van der Waals surface area contributed by atoms with Crippen LogP contribution in [0.15, 0.2) is 48.5 Å². The number of ether oxygens (including phenoxy) is 2. The van der Waals surface area contributed by atoms with E-state index >= 15 is 0 Å². The quantitative estimate of drug-likeness (QED) is 0.553. The summed E-state index contributed by atoms with van der Waals surface area (Å²) in [5.74, 6) is -2.45. The second-order valence-electron chi connectivity index (χ2n) is 8.16. The van der Waals surface area contributed by atoms with Gasteiger partial charge in [0.2, 0.25) is 5.91 Å². The molecule has 0 fully saturated rings.